The summed E-state index contributed by atoms with van der Waals surface area (Å²) in [6, 6.07) is 5.87. The molecule has 2 rings (SSSR count). The minimum Gasteiger partial charge on any atom is -0.283 e. The molecule has 0 aliphatic rings. The molecule has 0 fully saturated rings. The molecule has 0 bridgehead atoms. The average molecular weight is 270 g/mol. The van der Waals surface area contributed by atoms with Crippen LogP contribution in [0.1, 0.15) is 12.5 Å². The molecule has 1 aromatic heterocycles. The number of rotatable bonds is 2. The van der Waals surface area contributed by atoms with Crippen molar-refractivity contribution in [1.82, 2.24) is 5.27 Å². The van der Waals surface area contributed by atoms with E-state index in [1.807, 2.05) is 18.2 Å². The van der Waals surface area contributed by atoms with Crippen molar-refractivity contribution in [1.29, 1.82) is 0 Å². The predicted molar refractivity (Wildman–Crippen MR) is 57.9 cm³/mol. The van der Waals surface area contributed by atoms with Gasteiger partial charge >= 0.3 is 5.63 Å². The summed E-state index contributed by atoms with van der Waals surface area (Å²) >= 11 is 3.41. The number of aryl methyl sites for hydroxylation is 1. The highest BCUT2D eigenvalue weighted by Gasteiger charge is 2.14. The summed E-state index contributed by atoms with van der Waals surface area (Å²) < 4.78 is 7.22. The monoisotopic (exact) mass is 269 g/mol. The maximum Gasteiger partial charge on any atom is 0.427 e. The molecular formula is C10H10BrN2O2+. The highest BCUT2D eigenvalue weighted by atomic mass is 79.9. The van der Waals surface area contributed by atoms with Gasteiger partial charge in [0.15, 0.2) is 0 Å². The fourth-order valence-corrected chi connectivity index (χ4v) is 1.85. The van der Waals surface area contributed by atoms with E-state index in [1.165, 1.54) is 6.20 Å². The first kappa shape index (κ1) is 10.2. The molecule has 1 aromatic carbocycles. The molecule has 15 heavy (non-hydrogen) atoms. The lowest BCUT2D eigenvalue weighted by Crippen LogP contribution is -2.33. The number of hydrogen-bond acceptors (Lipinski definition) is 2. The molecule has 0 aliphatic heterocycles. The highest BCUT2D eigenvalue weighted by molar-refractivity contribution is 9.10. The maximum atomic E-state index is 10.9. The zero-order valence-corrected chi connectivity index (χ0v) is 9.74. The second kappa shape index (κ2) is 4.02. The van der Waals surface area contributed by atoms with Gasteiger partial charge < -0.3 is 0 Å². The summed E-state index contributed by atoms with van der Waals surface area (Å²) in [4.78, 5) is 10.9. The van der Waals surface area contributed by atoms with E-state index >= 15 is 0 Å². The summed E-state index contributed by atoms with van der Waals surface area (Å²) in [5, 5.41) is 2.53. The second-order valence-electron chi connectivity index (χ2n) is 3.14. The number of halogens is 1. The van der Waals surface area contributed by atoms with Crippen LogP contribution in [-0.4, -0.2) is 5.27 Å². The highest BCUT2D eigenvalue weighted by Crippen LogP contribution is 2.16. The molecule has 1 heterocycles. The molecule has 0 amide bonds. The van der Waals surface area contributed by atoms with Gasteiger partial charge in [0.05, 0.1) is 0 Å². The first-order valence-electron chi connectivity index (χ1n) is 4.59. The van der Waals surface area contributed by atoms with Crippen molar-refractivity contribution in [2.45, 2.75) is 13.3 Å². The predicted octanol–water partition coefficient (Wildman–Crippen LogP) is 1.57. The fourth-order valence-electron chi connectivity index (χ4n) is 1.44. The first-order valence-corrected chi connectivity index (χ1v) is 5.39. The van der Waals surface area contributed by atoms with Gasteiger partial charge in [0.25, 0.3) is 6.20 Å². The van der Waals surface area contributed by atoms with Gasteiger partial charge in [0.1, 0.15) is 0 Å². The molecule has 0 saturated carbocycles. The topological polar surface area (TPSA) is 49.9 Å². The zero-order chi connectivity index (χ0) is 10.8. The van der Waals surface area contributed by atoms with Crippen LogP contribution in [0.4, 0.5) is 0 Å². The van der Waals surface area contributed by atoms with Crippen molar-refractivity contribution in [3.63, 3.8) is 0 Å². The van der Waals surface area contributed by atoms with Crippen LogP contribution in [0.5, 0.6) is 0 Å². The van der Waals surface area contributed by atoms with Crippen LogP contribution in [0.15, 0.2) is 38.2 Å². The van der Waals surface area contributed by atoms with E-state index in [0.717, 1.165) is 22.1 Å². The number of nitrogens with one attached hydrogen (secondary N) is 1. The first-order chi connectivity index (χ1) is 7.20. The standard InChI is InChI=1S/C10H9BrN2O2/c1-2-7-5-8(11)3-4-9(7)13-6-10(14)15-12-13/h3-6H,2H2,1H3/p+1. The lowest BCUT2D eigenvalue weighted by atomic mass is 10.1. The van der Waals surface area contributed by atoms with Crippen LogP contribution in [0, 0.1) is 0 Å². The summed E-state index contributed by atoms with van der Waals surface area (Å²) in [5.41, 5.74) is 1.66. The van der Waals surface area contributed by atoms with E-state index in [1.54, 1.807) is 4.68 Å². The van der Waals surface area contributed by atoms with Crippen molar-refractivity contribution in [3.8, 4) is 5.69 Å². The zero-order valence-electron chi connectivity index (χ0n) is 8.16. The lowest BCUT2D eigenvalue weighted by Gasteiger charge is -1.99. The van der Waals surface area contributed by atoms with E-state index in [0.29, 0.717) is 0 Å². The van der Waals surface area contributed by atoms with E-state index < -0.39 is 0 Å². The third-order valence-electron chi connectivity index (χ3n) is 2.16. The largest absolute Gasteiger partial charge is 0.427 e. The quantitative estimate of drug-likeness (QED) is 0.842. The second-order valence-corrected chi connectivity index (χ2v) is 4.05. The van der Waals surface area contributed by atoms with Crippen LogP contribution >= 0.6 is 15.9 Å². The van der Waals surface area contributed by atoms with Crippen molar-refractivity contribution in [2.24, 2.45) is 0 Å². The van der Waals surface area contributed by atoms with Crippen LogP contribution in [0.3, 0.4) is 0 Å². The van der Waals surface area contributed by atoms with E-state index in [2.05, 4.69) is 32.6 Å². The van der Waals surface area contributed by atoms with Crippen LogP contribution in [0.2, 0.25) is 0 Å². The SMILES string of the molecule is CCc1cc(Br)ccc1-[n+]1cc(=O)o[nH]1. The number of H-pyrrole nitrogens is 1. The Labute approximate surface area is 94.6 Å². The normalized spacial score (nSPS) is 10.5. The van der Waals surface area contributed by atoms with Crippen LogP contribution in [-0.2, 0) is 6.42 Å². The number of hydrogen-bond donors (Lipinski definition) is 1. The Kier molecular flexibility index (Phi) is 2.73. The summed E-state index contributed by atoms with van der Waals surface area (Å²) in [7, 11) is 0. The Morgan fingerprint density at radius 1 is 1.53 bits per heavy atom. The van der Waals surface area contributed by atoms with Gasteiger partial charge in [-0.05, 0) is 28.5 Å². The molecule has 2 aromatic rings. The smallest absolute Gasteiger partial charge is 0.283 e. The minimum absolute atomic E-state index is 0.389. The molecule has 5 heteroatoms. The van der Waals surface area contributed by atoms with E-state index in [9.17, 15) is 4.79 Å². The van der Waals surface area contributed by atoms with Crippen molar-refractivity contribution >= 4 is 15.9 Å². The Balaban J connectivity index is 2.57. The Bertz CT molecular complexity index is 530. The maximum absolute atomic E-state index is 10.9. The van der Waals surface area contributed by atoms with Gasteiger partial charge in [-0.3, -0.25) is 4.52 Å². The van der Waals surface area contributed by atoms with Crippen LogP contribution in [0.25, 0.3) is 5.69 Å². The molecule has 4 nitrogen and oxygen atoms in total. The summed E-state index contributed by atoms with van der Waals surface area (Å²) in [6.07, 6.45) is 2.26. The minimum atomic E-state index is -0.389. The number of aromatic nitrogens is 2. The average Bonchev–Trinajstić information content (AvgIpc) is 2.64. The van der Waals surface area contributed by atoms with E-state index in [4.69, 9.17) is 0 Å². The molecule has 0 radical (unpaired) electrons. The number of nitrogens with zero attached hydrogens (tertiary/aromatic N) is 1. The van der Waals surface area contributed by atoms with Crippen molar-refractivity contribution in [2.75, 3.05) is 0 Å². The number of aromatic amines is 1. The summed E-state index contributed by atoms with van der Waals surface area (Å²) in [5.74, 6) is 0. The third kappa shape index (κ3) is 2.02. The van der Waals surface area contributed by atoms with Gasteiger partial charge in [-0.1, -0.05) is 22.9 Å². The lowest BCUT2D eigenvalue weighted by molar-refractivity contribution is -0.670. The van der Waals surface area contributed by atoms with Gasteiger partial charge in [-0.15, -0.1) is 0 Å². The Morgan fingerprint density at radius 2 is 2.33 bits per heavy atom. The third-order valence-corrected chi connectivity index (χ3v) is 2.65. The summed E-state index contributed by atoms with van der Waals surface area (Å²) in [6.45, 7) is 2.06. The molecule has 0 spiro atoms. The van der Waals surface area contributed by atoms with Gasteiger partial charge in [-0.2, -0.15) is 0 Å². The molecule has 0 unspecified atom stereocenters. The van der Waals surface area contributed by atoms with Gasteiger partial charge in [0, 0.05) is 16.1 Å². The molecular weight excluding hydrogens is 260 g/mol. The molecule has 0 saturated heterocycles. The van der Waals surface area contributed by atoms with E-state index in [-0.39, 0.29) is 5.63 Å². The Hall–Kier alpha value is -1.36. The molecule has 0 aliphatic carbocycles. The number of benzene rings is 1. The molecule has 0 atom stereocenters. The Morgan fingerprint density at radius 3 is 2.93 bits per heavy atom. The fraction of sp³-hybridized carbons (Fsp3) is 0.200. The van der Waals surface area contributed by atoms with Crippen molar-refractivity contribution in [3.05, 3.63) is 44.9 Å². The van der Waals surface area contributed by atoms with Crippen LogP contribution < -0.4 is 10.3 Å². The van der Waals surface area contributed by atoms with Gasteiger partial charge in [0.2, 0.25) is 5.69 Å². The van der Waals surface area contributed by atoms with Gasteiger partial charge in [-0.25, -0.2) is 4.79 Å². The molecule has 78 valence electrons. The molecule has 1 N–H and O–H groups in total. The van der Waals surface area contributed by atoms with Crippen molar-refractivity contribution < 1.29 is 9.20 Å².